The van der Waals surface area contributed by atoms with Gasteiger partial charge in [0.15, 0.2) is 0 Å². The summed E-state index contributed by atoms with van der Waals surface area (Å²) in [6.07, 6.45) is 3.58. The van der Waals surface area contributed by atoms with Crippen LogP contribution in [-0.4, -0.2) is 22.8 Å². The first-order valence-electron chi connectivity index (χ1n) is 9.90. The van der Waals surface area contributed by atoms with Crippen LogP contribution < -0.4 is 9.47 Å². The number of para-hydroxylation sites is 1. The monoisotopic (exact) mass is 424 g/mol. The second-order valence-corrected chi connectivity index (χ2v) is 7.09. The van der Waals surface area contributed by atoms with Gasteiger partial charge in [-0.3, -0.25) is 0 Å². The number of benzene rings is 3. The van der Waals surface area contributed by atoms with Crippen LogP contribution in [0, 0.1) is 11.3 Å². The molecule has 0 radical (unpaired) electrons. The van der Waals surface area contributed by atoms with Gasteiger partial charge in [-0.1, -0.05) is 30.3 Å². The average molecular weight is 424 g/mol. The minimum absolute atomic E-state index is 0.207. The summed E-state index contributed by atoms with van der Waals surface area (Å²) in [5.74, 6) is 0.467. The van der Waals surface area contributed by atoms with Gasteiger partial charge in [-0.25, -0.2) is 4.79 Å². The number of nitriles is 1. The molecular weight excluding hydrogens is 404 g/mol. The zero-order valence-corrected chi connectivity index (χ0v) is 17.4. The van der Waals surface area contributed by atoms with Gasteiger partial charge in [0.1, 0.15) is 24.2 Å². The number of hydrogen-bond donors (Lipinski definition) is 1. The van der Waals surface area contributed by atoms with Crippen molar-refractivity contribution in [1.29, 1.82) is 5.26 Å². The van der Waals surface area contributed by atoms with Gasteiger partial charge in [-0.2, -0.15) is 5.26 Å². The number of aromatic nitrogens is 1. The molecule has 6 nitrogen and oxygen atoms in total. The third-order valence-corrected chi connectivity index (χ3v) is 5.09. The van der Waals surface area contributed by atoms with Gasteiger partial charge in [-0.05, 0) is 48.0 Å². The van der Waals surface area contributed by atoms with Crippen molar-refractivity contribution in [1.82, 2.24) is 4.57 Å². The fraction of sp³-hybridized carbons (Fsp3) is 0.0769. The quantitative estimate of drug-likeness (QED) is 0.435. The SMILES string of the molecule is COc1ccc(COc2ccccc2-c2cn(-c3ccc(C(=O)O)cc3)cc2C#N)cc1. The van der Waals surface area contributed by atoms with Crippen LogP contribution in [0.2, 0.25) is 0 Å². The highest BCUT2D eigenvalue weighted by molar-refractivity contribution is 5.87. The van der Waals surface area contributed by atoms with Gasteiger partial charge in [0.25, 0.3) is 0 Å². The average Bonchev–Trinajstić information content (AvgIpc) is 3.27. The summed E-state index contributed by atoms with van der Waals surface area (Å²) in [6.45, 7) is 0.375. The molecule has 4 aromatic rings. The van der Waals surface area contributed by atoms with Crippen molar-refractivity contribution >= 4 is 5.97 Å². The Bertz CT molecular complexity index is 1280. The Morgan fingerprint density at radius 1 is 0.969 bits per heavy atom. The third kappa shape index (κ3) is 4.32. The molecule has 0 aliphatic carbocycles. The summed E-state index contributed by atoms with van der Waals surface area (Å²) in [5.41, 5.74) is 4.00. The zero-order chi connectivity index (χ0) is 22.5. The summed E-state index contributed by atoms with van der Waals surface area (Å²) >= 11 is 0. The van der Waals surface area contributed by atoms with E-state index in [1.54, 1.807) is 30.0 Å². The number of rotatable bonds is 7. The molecule has 0 bridgehead atoms. The van der Waals surface area contributed by atoms with E-state index < -0.39 is 5.97 Å². The van der Waals surface area contributed by atoms with Crippen LogP contribution in [0.1, 0.15) is 21.5 Å². The third-order valence-electron chi connectivity index (χ3n) is 5.09. The maximum atomic E-state index is 11.1. The van der Waals surface area contributed by atoms with Crippen LogP contribution in [0.25, 0.3) is 16.8 Å². The molecule has 0 fully saturated rings. The predicted molar refractivity (Wildman–Crippen MR) is 120 cm³/mol. The highest BCUT2D eigenvalue weighted by Gasteiger charge is 2.15. The van der Waals surface area contributed by atoms with Gasteiger partial charge in [0, 0.05) is 29.2 Å². The molecule has 0 unspecified atom stereocenters. The van der Waals surface area contributed by atoms with E-state index in [9.17, 15) is 10.1 Å². The molecule has 0 amide bonds. The number of aromatic carboxylic acids is 1. The molecule has 0 aliphatic heterocycles. The molecular formula is C26H20N2O4. The first-order chi connectivity index (χ1) is 15.6. The number of ether oxygens (including phenoxy) is 2. The van der Waals surface area contributed by atoms with E-state index in [-0.39, 0.29) is 5.56 Å². The van der Waals surface area contributed by atoms with Crippen molar-refractivity contribution in [2.75, 3.05) is 7.11 Å². The minimum atomic E-state index is -0.981. The fourth-order valence-electron chi connectivity index (χ4n) is 3.38. The first-order valence-corrected chi connectivity index (χ1v) is 9.90. The summed E-state index contributed by atoms with van der Waals surface area (Å²) in [6, 6.07) is 24.0. The molecule has 0 saturated heterocycles. The van der Waals surface area contributed by atoms with Crippen LogP contribution in [0.3, 0.4) is 0 Å². The highest BCUT2D eigenvalue weighted by Crippen LogP contribution is 2.34. The van der Waals surface area contributed by atoms with Crippen LogP contribution in [0.15, 0.2) is 85.2 Å². The van der Waals surface area contributed by atoms with E-state index in [2.05, 4.69) is 6.07 Å². The number of carboxylic acid groups (broad SMARTS) is 1. The second kappa shape index (κ2) is 9.11. The van der Waals surface area contributed by atoms with Gasteiger partial charge in [0.05, 0.1) is 18.2 Å². The molecule has 6 heteroatoms. The molecule has 158 valence electrons. The molecule has 1 N–H and O–H groups in total. The number of methoxy groups -OCH3 is 1. The van der Waals surface area contributed by atoms with Crippen molar-refractivity contribution in [2.24, 2.45) is 0 Å². The number of carbonyl (C=O) groups is 1. The summed E-state index contributed by atoms with van der Waals surface area (Å²) in [5, 5.41) is 18.8. The van der Waals surface area contributed by atoms with Crippen molar-refractivity contribution in [2.45, 2.75) is 6.61 Å². The lowest BCUT2D eigenvalue weighted by Gasteiger charge is -2.11. The second-order valence-electron chi connectivity index (χ2n) is 7.09. The van der Waals surface area contributed by atoms with E-state index in [1.165, 1.54) is 12.1 Å². The van der Waals surface area contributed by atoms with Crippen molar-refractivity contribution in [3.05, 3.63) is 102 Å². The van der Waals surface area contributed by atoms with Gasteiger partial charge in [-0.15, -0.1) is 0 Å². The van der Waals surface area contributed by atoms with Crippen LogP contribution in [-0.2, 0) is 6.61 Å². The Morgan fingerprint density at radius 2 is 1.69 bits per heavy atom. The molecule has 0 spiro atoms. The fourth-order valence-corrected chi connectivity index (χ4v) is 3.38. The molecule has 1 heterocycles. The topological polar surface area (TPSA) is 84.5 Å². The number of hydrogen-bond acceptors (Lipinski definition) is 4. The van der Waals surface area contributed by atoms with Crippen molar-refractivity contribution < 1.29 is 19.4 Å². The van der Waals surface area contributed by atoms with E-state index in [0.29, 0.717) is 17.9 Å². The Kier molecular flexibility index (Phi) is 5.91. The zero-order valence-electron chi connectivity index (χ0n) is 17.4. The molecule has 0 saturated carbocycles. The Balaban J connectivity index is 1.63. The molecule has 3 aromatic carbocycles. The highest BCUT2D eigenvalue weighted by atomic mass is 16.5. The van der Waals surface area contributed by atoms with E-state index in [1.807, 2.05) is 54.7 Å². The van der Waals surface area contributed by atoms with Crippen molar-refractivity contribution in [3.8, 4) is 34.4 Å². The van der Waals surface area contributed by atoms with E-state index >= 15 is 0 Å². The van der Waals surface area contributed by atoms with Crippen LogP contribution in [0.5, 0.6) is 11.5 Å². The normalized spacial score (nSPS) is 10.4. The smallest absolute Gasteiger partial charge is 0.335 e. The Hall–Kier alpha value is -4.50. The molecule has 0 aliphatic rings. The minimum Gasteiger partial charge on any atom is -0.497 e. The van der Waals surface area contributed by atoms with Gasteiger partial charge >= 0.3 is 5.97 Å². The molecule has 32 heavy (non-hydrogen) atoms. The van der Waals surface area contributed by atoms with Gasteiger partial charge < -0.3 is 19.1 Å². The lowest BCUT2D eigenvalue weighted by molar-refractivity contribution is 0.0697. The predicted octanol–water partition coefficient (Wildman–Crippen LogP) is 5.30. The molecule has 4 rings (SSSR count). The van der Waals surface area contributed by atoms with Gasteiger partial charge in [0.2, 0.25) is 0 Å². The van der Waals surface area contributed by atoms with Crippen LogP contribution in [0.4, 0.5) is 0 Å². The summed E-state index contributed by atoms with van der Waals surface area (Å²) in [7, 11) is 1.63. The van der Waals surface area contributed by atoms with E-state index in [4.69, 9.17) is 14.6 Å². The number of carboxylic acids is 1. The van der Waals surface area contributed by atoms with Crippen LogP contribution >= 0.6 is 0 Å². The lowest BCUT2D eigenvalue weighted by Crippen LogP contribution is -1.97. The molecule has 0 atom stereocenters. The Labute approximate surface area is 185 Å². The lowest BCUT2D eigenvalue weighted by atomic mass is 10.0. The molecule has 1 aromatic heterocycles. The maximum Gasteiger partial charge on any atom is 0.335 e. The summed E-state index contributed by atoms with van der Waals surface area (Å²) < 4.78 is 13.1. The maximum absolute atomic E-state index is 11.1. The number of nitrogens with zero attached hydrogens (tertiary/aromatic N) is 2. The largest absolute Gasteiger partial charge is 0.497 e. The van der Waals surface area contributed by atoms with E-state index in [0.717, 1.165) is 28.1 Å². The van der Waals surface area contributed by atoms with Crippen molar-refractivity contribution in [3.63, 3.8) is 0 Å². The Morgan fingerprint density at radius 3 is 2.34 bits per heavy atom. The standard InChI is InChI=1S/C26H20N2O4/c1-31-22-12-6-18(7-13-22)17-32-25-5-3-2-4-23(25)24-16-28(15-20(24)14-27)21-10-8-19(9-11-21)26(29)30/h2-13,15-16H,17H2,1H3,(H,29,30). The summed E-state index contributed by atoms with van der Waals surface area (Å²) in [4.78, 5) is 11.1. The first kappa shape index (κ1) is 20.8.